The minimum Gasteiger partial charge on any atom is -0.354 e. The van der Waals surface area contributed by atoms with Gasteiger partial charge in [0.15, 0.2) is 0 Å². The van der Waals surface area contributed by atoms with Gasteiger partial charge in [-0.25, -0.2) is 0 Å². The fourth-order valence-corrected chi connectivity index (χ4v) is 2.39. The highest BCUT2D eigenvalue weighted by Gasteiger charge is 2.15. The highest BCUT2D eigenvalue weighted by Crippen LogP contribution is 2.26. The molecule has 19 heavy (non-hydrogen) atoms. The van der Waals surface area contributed by atoms with E-state index in [-0.39, 0.29) is 16.7 Å². The van der Waals surface area contributed by atoms with E-state index in [4.69, 9.17) is 0 Å². The molecular formula is C12H14N4O2S. The minimum atomic E-state index is -0.360. The number of nitro groups is 1. The van der Waals surface area contributed by atoms with Crippen molar-refractivity contribution < 1.29 is 4.92 Å². The van der Waals surface area contributed by atoms with E-state index in [1.807, 2.05) is 19.9 Å². The van der Waals surface area contributed by atoms with Gasteiger partial charge < -0.3 is 5.32 Å². The maximum atomic E-state index is 10.9. The zero-order valence-corrected chi connectivity index (χ0v) is 11.7. The number of anilines is 1. The lowest BCUT2D eigenvalue weighted by molar-refractivity contribution is -0.385. The molecule has 1 unspecified atom stereocenters. The lowest BCUT2D eigenvalue weighted by atomic mass is 10.1. The van der Waals surface area contributed by atoms with Crippen molar-refractivity contribution >= 4 is 22.2 Å². The van der Waals surface area contributed by atoms with Gasteiger partial charge in [-0.2, -0.15) is 0 Å². The Kier molecular flexibility index (Phi) is 3.75. The van der Waals surface area contributed by atoms with E-state index >= 15 is 0 Å². The highest BCUT2D eigenvalue weighted by molar-refractivity contribution is 7.15. The van der Waals surface area contributed by atoms with E-state index < -0.39 is 0 Å². The summed E-state index contributed by atoms with van der Waals surface area (Å²) < 4.78 is 0. The Balaban J connectivity index is 2.21. The molecule has 0 fully saturated rings. The van der Waals surface area contributed by atoms with Crippen LogP contribution in [-0.2, 0) is 0 Å². The third-order valence-electron chi connectivity index (χ3n) is 2.80. The Morgan fingerprint density at radius 3 is 2.68 bits per heavy atom. The summed E-state index contributed by atoms with van der Waals surface area (Å²) in [5.41, 5.74) is 1.65. The van der Waals surface area contributed by atoms with Crippen molar-refractivity contribution in [3.8, 4) is 0 Å². The maximum Gasteiger partial charge on any atom is 0.272 e. The molecule has 0 amide bonds. The first-order valence-electron chi connectivity index (χ1n) is 5.79. The molecule has 0 saturated heterocycles. The fraction of sp³-hybridized carbons (Fsp3) is 0.333. The number of nitrogens with one attached hydrogen (secondary N) is 1. The molecule has 0 bridgehead atoms. The summed E-state index contributed by atoms with van der Waals surface area (Å²) in [6.45, 7) is 5.55. The van der Waals surface area contributed by atoms with Crippen LogP contribution in [0.4, 0.5) is 10.8 Å². The Morgan fingerprint density at radius 2 is 2.11 bits per heavy atom. The Bertz CT molecular complexity index is 612. The van der Waals surface area contributed by atoms with Gasteiger partial charge in [-0.3, -0.25) is 10.1 Å². The molecule has 100 valence electrons. The molecule has 6 nitrogen and oxygen atoms in total. The predicted molar refractivity (Wildman–Crippen MR) is 74.5 cm³/mol. The summed E-state index contributed by atoms with van der Waals surface area (Å²) in [6.07, 6.45) is 0. The van der Waals surface area contributed by atoms with E-state index in [1.54, 1.807) is 19.1 Å². The number of aromatic nitrogens is 2. The summed E-state index contributed by atoms with van der Waals surface area (Å²) >= 11 is 1.46. The van der Waals surface area contributed by atoms with Crippen LogP contribution in [0.25, 0.3) is 0 Å². The summed E-state index contributed by atoms with van der Waals surface area (Å²) in [5.74, 6) is 0. The molecule has 0 spiro atoms. The minimum absolute atomic E-state index is 0.0633. The highest BCUT2D eigenvalue weighted by atomic mass is 32.1. The number of nitro benzene ring substituents is 1. The number of rotatable bonds is 4. The van der Waals surface area contributed by atoms with Crippen LogP contribution in [0.15, 0.2) is 18.2 Å². The molecule has 0 saturated carbocycles. The van der Waals surface area contributed by atoms with Crippen molar-refractivity contribution in [1.29, 1.82) is 0 Å². The zero-order valence-electron chi connectivity index (χ0n) is 10.9. The van der Waals surface area contributed by atoms with Crippen LogP contribution in [0.3, 0.4) is 0 Å². The van der Waals surface area contributed by atoms with E-state index in [0.29, 0.717) is 10.7 Å². The summed E-state index contributed by atoms with van der Waals surface area (Å²) in [7, 11) is 0. The van der Waals surface area contributed by atoms with E-state index in [2.05, 4.69) is 15.5 Å². The first-order chi connectivity index (χ1) is 8.97. The number of hydrogen-bond acceptors (Lipinski definition) is 6. The van der Waals surface area contributed by atoms with Crippen molar-refractivity contribution in [3.05, 3.63) is 44.4 Å². The largest absolute Gasteiger partial charge is 0.354 e. The standard InChI is InChI=1S/C12H14N4O2S/c1-7-4-5-10(6-11(7)16(17)18)8(2)13-12-15-14-9(3)19-12/h4-6,8H,1-3H3,(H,13,15). The third kappa shape index (κ3) is 3.05. The van der Waals surface area contributed by atoms with Gasteiger partial charge in [0.25, 0.3) is 5.69 Å². The fourth-order valence-electron chi connectivity index (χ4n) is 1.72. The molecule has 1 atom stereocenters. The van der Waals surface area contributed by atoms with Crippen molar-refractivity contribution in [1.82, 2.24) is 10.2 Å². The molecule has 2 rings (SSSR count). The average molecular weight is 278 g/mol. The average Bonchev–Trinajstić information content (AvgIpc) is 2.74. The monoisotopic (exact) mass is 278 g/mol. The van der Waals surface area contributed by atoms with Gasteiger partial charge in [0.2, 0.25) is 5.13 Å². The molecule has 2 aromatic rings. The van der Waals surface area contributed by atoms with Gasteiger partial charge >= 0.3 is 0 Å². The molecule has 1 aromatic heterocycles. The third-order valence-corrected chi connectivity index (χ3v) is 3.57. The molecule has 0 aliphatic carbocycles. The topological polar surface area (TPSA) is 81.0 Å². The SMILES string of the molecule is Cc1nnc(NC(C)c2ccc(C)c([N+](=O)[O-])c2)s1. The number of nitrogens with zero attached hydrogens (tertiary/aromatic N) is 3. The number of hydrogen-bond donors (Lipinski definition) is 1. The van der Waals surface area contributed by atoms with Gasteiger partial charge in [-0.15, -0.1) is 10.2 Å². The summed E-state index contributed by atoms with van der Waals surface area (Å²) in [4.78, 5) is 10.6. The normalized spacial score (nSPS) is 12.2. The second-order valence-corrected chi connectivity index (χ2v) is 5.48. The lowest BCUT2D eigenvalue weighted by Gasteiger charge is -2.13. The number of aryl methyl sites for hydroxylation is 2. The van der Waals surface area contributed by atoms with Crippen LogP contribution in [0.2, 0.25) is 0 Å². The van der Waals surface area contributed by atoms with Crippen molar-refractivity contribution in [2.75, 3.05) is 5.32 Å². The second kappa shape index (κ2) is 5.31. The Labute approximate surface area is 114 Å². The molecule has 1 heterocycles. The van der Waals surface area contributed by atoms with Crippen LogP contribution >= 0.6 is 11.3 Å². The molecule has 7 heteroatoms. The molecule has 0 aliphatic rings. The smallest absolute Gasteiger partial charge is 0.272 e. The van der Waals surface area contributed by atoms with Crippen molar-refractivity contribution in [2.45, 2.75) is 26.8 Å². The molecule has 0 radical (unpaired) electrons. The first kappa shape index (κ1) is 13.4. The van der Waals surface area contributed by atoms with Crippen LogP contribution in [0.1, 0.15) is 29.1 Å². The lowest BCUT2D eigenvalue weighted by Crippen LogP contribution is -2.07. The maximum absolute atomic E-state index is 10.9. The second-order valence-electron chi connectivity index (χ2n) is 4.30. The summed E-state index contributed by atoms with van der Waals surface area (Å²) in [6, 6.07) is 5.18. The van der Waals surface area contributed by atoms with E-state index in [1.165, 1.54) is 11.3 Å². The van der Waals surface area contributed by atoms with E-state index in [9.17, 15) is 10.1 Å². The predicted octanol–water partition coefficient (Wildman–Crippen LogP) is 3.24. The van der Waals surface area contributed by atoms with Gasteiger partial charge in [0.1, 0.15) is 5.01 Å². The van der Waals surface area contributed by atoms with Crippen molar-refractivity contribution in [2.24, 2.45) is 0 Å². The first-order valence-corrected chi connectivity index (χ1v) is 6.60. The Morgan fingerprint density at radius 1 is 1.37 bits per heavy atom. The zero-order chi connectivity index (χ0) is 14.0. The molecule has 1 aromatic carbocycles. The quantitative estimate of drug-likeness (QED) is 0.686. The van der Waals surface area contributed by atoms with Gasteiger partial charge in [0, 0.05) is 11.6 Å². The van der Waals surface area contributed by atoms with E-state index in [0.717, 1.165) is 10.6 Å². The van der Waals surface area contributed by atoms with Crippen LogP contribution in [0.5, 0.6) is 0 Å². The van der Waals surface area contributed by atoms with Crippen LogP contribution < -0.4 is 5.32 Å². The Hall–Kier alpha value is -2.02. The summed E-state index contributed by atoms with van der Waals surface area (Å²) in [5, 5.41) is 23.6. The van der Waals surface area contributed by atoms with Crippen molar-refractivity contribution in [3.63, 3.8) is 0 Å². The molecule has 1 N–H and O–H groups in total. The van der Waals surface area contributed by atoms with Gasteiger partial charge in [0.05, 0.1) is 11.0 Å². The molecule has 0 aliphatic heterocycles. The molecular weight excluding hydrogens is 264 g/mol. The number of benzene rings is 1. The van der Waals surface area contributed by atoms with Crippen LogP contribution in [0, 0.1) is 24.0 Å². The van der Waals surface area contributed by atoms with Crippen LogP contribution in [-0.4, -0.2) is 15.1 Å². The van der Waals surface area contributed by atoms with Gasteiger partial charge in [-0.1, -0.05) is 23.5 Å². The van der Waals surface area contributed by atoms with Gasteiger partial charge in [-0.05, 0) is 26.3 Å².